The Bertz CT molecular complexity index is 1080. The maximum Gasteiger partial charge on any atom is 0.241 e. The van der Waals surface area contributed by atoms with E-state index in [2.05, 4.69) is 53.1 Å². The van der Waals surface area contributed by atoms with Gasteiger partial charge in [0.1, 0.15) is 12.4 Å². The number of rotatable bonds is 4. The van der Waals surface area contributed by atoms with Crippen molar-refractivity contribution in [3.63, 3.8) is 0 Å². The fraction of sp³-hybridized carbons (Fsp3) is 0.296. The zero-order chi connectivity index (χ0) is 21.9. The molecule has 2 aliphatic heterocycles. The molecule has 1 fully saturated rings. The van der Waals surface area contributed by atoms with Gasteiger partial charge in [0.15, 0.2) is 0 Å². The van der Waals surface area contributed by atoms with E-state index >= 15 is 0 Å². The Balaban J connectivity index is 1.32. The second kappa shape index (κ2) is 9.05. The van der Waals surface area contributed by atoms with Gasteiger partial charge in [0.05, 0.1) is 18.3 Å². The van der Waals surface area contributed by atoms with Crippen LogP contribution in [-0.2, 0) is 4.79 Å². The standard InChI is InChI=1S/C27H29N3O2/c1-21-9-5-6-12-23(21)29-17-15-28(16-18-29)19-27(31)30-24-13-7-8-14-26(24)32-20-25(30)22-10-3-2-4-11-22/h2-14,25H,15-20H2,1H3/t25-/m0/s1. The number of carbonyl (C=O) groups is 1. The lowest BCUT2D eigenvalue weighted by Crippen LogP contribution is -2.51. The molecule has 3 aromatic carbocycles. The molecule has 164 valence electrons. The van der Waals surface area contributed by atoms with Crippen molar-refractivity contribution in [2.24, 2.45) is 0 Å². The van der Waals surface area contributed by atoms with E-state index in [1.165, 1.54) is 11.3 Å². The van der Waals surface area contributed by atoms with Crippen LogP contribution in [0.1, 0.15) is 17.2 Å². The van der Waals surface area contributed by atoms with Gasteiger partial charge in [-0.2, -0.15) is 0 Å². The predicted molar refractivity (Wildman–Crippen MR) is 128 cm³/mol. The Morgan fingerprint density at radius 2 is 1.50 bits per heavy atom. The van der Waals surface area contributed by atoms with Gasteiger partial charge in [0.25, 0.3) is 0 Å². The fourth-order valence-corrected chi connectivity index (χ4v) is 4.75. The van der Waals surface area contributed by atoms with Gasteiger partial charge in [-0.25, -0.2) is 0 Å². The molecule has 3 aromatic rings. The molecule has 32 heavy (non-hydrogen) atoms. The number of ether oxygens (including phenoxy) is 1. The van der Waals surface area contributed by atoms with Crippen molar-refractivity contribution in [1.29, 1.82) is 0 Å². The Kier molecular flexibility index (Phi) is 5.82. The normalized spacial score (nSPS) is 18.7. The van der Waals surface area contributed by atoms with E-state index in [-0.39, 0.29) is 11.9 Å². The fourth-order valence-electron chi connectivity index (χ4n) is 4.75. The quantitative estimate of drug-likeness (QED) is 0.623. The van der Waals surface area contributed by atoms with Crippen LogP contribution in [-0.4, -0.2) is 50.1 Å². The molecule has 1 amide bonds. The third-order valence-corrected chi connectivity index (χ3v) is 6.47. The van der Waals surface area contributed by atoms with Crippen molar-refractivity contribution >= 4 is 17.3 Å². The van der Waals surface area contributed by atoms with E-state index in [0.29, 0.717) is 13.2 Å². The number of anilines is 2. The minimum Gasteiger partial charge on any atom is -0.489 e. The van der Waals surface area contributed by atoms with Gasteiger partial charge in [-0.3, -0.25) is 14.6 Å². The summed E-state index contributed by atoms with van der Waals surface area (Å²) in [6, 6.07) is 26.4. The first-order valence-corrected chi connectivity index (χ1v) is 11.3. The molecule has 0 radical (unpaired) electrons. The van der Waals surface area contributed by atoms with Crippen molar-refractivity contribution in [1.82, 2.24) is 4.90 Å². The molecule has 0 bridgehead atoms. The summed E-state index contributed by atoms with van der Waals surface area (Å²) in [5.41, 5.74) is 4.55. The Labute approximate surface area is 189 Å². The Morgan fingerprint density at radius 1 is 0.844 bits per heavy atom. The molecule has 5 rings (SSSR count). The molecular formula is C27H29N3O2. The SMILES string of the molecule is Cc1ccccc1N1CCN(CC(=O)N2c3ccccc3OC[C@H]2c2ccccc2)CC1. The smallest absolute Gasteiger partial charge is 0.241 e. The van der Waals surface area contributed by atoms with Crippen molar-refractivity contribution < 1.29 is 9.53 Å². The van der Waals surface area contributed by atoms with E-state index in [1.54, 1.807) is 0 Å². The number of carbonyl (C=O) groups excluding carboxylic acids is 1. The van der Waals surface area contributed by atoms with Gasteiger partial charge in [0, 0.05) is 31.9 Å². The summed E-state index contributed by atoms with van der Waals surface area (Å²) >= 11 is 0. The van der Waals surface area contributed by atoms with Gasteiger partial charge in [0.2, 0.25) is 5.91 Å². The summed E-state index contributed by atoms with van der Waals surface area (Å²) in [5, 5.41) is 0. The Hall–Kier alpha value is -3.31. The van der Waals surface area contributed by atoms with Crippen LogP contribution in [0.2, 0.25) is 0 Å². The molecule has 5 heteroatoms. The molecule has 0 spiro atoms. The summed E-state index contributed by atoms with van der Waals surface area (Å²) in [6.07, 6.45) is 0. The lowest BCUT2D eigenvalue weighted by atomic mass is 10.0. The predicted octanol–water partition coefficient (Wildman–Crippen LogP) is 4.28. The average molecular weight is 428 g/mol. The molecule has 2 heterocycles. The highest BCUT2D eigenvalue weighted by Gasteiger charge is 2.34. The van der Waals surface area contributed by atoms with Crippen LogP contribution >= 0.6 is 0 Å². The van der Waals surface area contributed by atoms with Gasteiger partial charge >= 0.3 is 0 Å². The summed E-state index contributed by atoms with van der Waals surface area (Å²) in [4.78, 5) is 20.3. The van der Waals surface area contributed by atoms with Crippen LogP contribution < -0.4 is 14.5 Å². The number of fused-ring (bicyclic) bond motifs is 1. The number of hydrogen-bond donors (Lipinski definition) is 0. The van der Waals surface area contributed by atoms with Gasteiger partial charge in [-0.1, -0.05) is 60.7 Å². The van der Waals surface area contributed by atoms with E-state index < -0.39 is 0 Å². The lowest BCUT2D eigenvalue weighted by Gasteiger charge is -2.40. The number of benzene rings is 3. The molecular weight excluding hydrogens is 398 g/mol. The molecule has 0 aromatic heterocycles. The van der Waals surface area contributed by atoms with E-state index in [4.69, 9.17) is 4.74 Å². The van der Waals surface area contributed by atoms with Gasteiger partial charge in [-0.15, -0.1) is 0 Å². The van der Waals surface area contributed by atoms with Crippen molar-refractivity contribution in [3.8, 4) is 5.75 Å². The lowest BCUT2D eigenvalue weighted by molar-refractivity contribution is -0.120. The second-order valence-electron chi connectivity index (χ2n) is 8.52. The highest BCUT2D eigenvalue weighted by atomic mass is 16.5. The zero-order valence-corrected chi connectivity index (χ0v) is 18.5. The molecule has 2 aliphatic rings. The summed E-state index contributed by atoms with van der Waals surface area (Å²) in [7, 11) is 0. The molecule has 0 unspecified atom stereocenters. The largest absolute Gasteiger partial charge is 0.489 e. The number of aryl methyl sites for hydroxylation is 1. The number of para-hydroxylation sites is 3. The first kappa shape index (κ1) is 20.6. The van der Waals surface area contributed by atoms with Crippen LogP contribution in [0, 0.1) is 6.92 Å². The molecule has 1 atom stereocenters. The number of hydrogen-bond acceptors (Lipinski definition) is 4. The topological polar surface area (TPSA) is 36.0 Å². The Morgan fingerprint density at radius 3 is 2.25 bits per heavy atom. The summed E-state index contributed by atoms with van der Waals surface area (Å²) in [6.45, 7) is 6.65. The molecule has 0 saturated carbocycles. The van der Waals surface area contributed by atoms with Crippen molar-refractivity contribution in [2.75, 3.05) is 49.1 Å². The average Bonchev–Trinajstić information content (AvgIpc) is 2.85. The maximum absolute atomic E-state index is 13.6. The number of amides is 1. The minimum absolute atomic E-state index is 0.119. The highest BCUT2D eigenvalue weighted by Crippen LogP contribution is 2.39. The molecule has 1 saturated heterocycles. The summed E-state index contributed by atoms with van der Waals surface area (Å²) in [5.74, 6) is 0.899. The van der Waals surface area contributed by atoms with Crippen LogP contribution in [0.5, 0.6) is 5.75 Å². The van der Waals surface area contributed by atoms with E-state index in [0.717, 1.165) is 43.2 Å². The van der Waals surface area contributed by atoms with Crippen LogP contribution in [0.25, 0.3) is 0 Å². The van der Waals surface area contributed by atoms with Crippen LogP contribution in [0.4, 0.5) is 11.4 Å². The summed E-state index contributed by atoms with van der Waals surface area (Å²) < 4.78 is 6.02. The second-order valence-corrected chi connectivity index (χ2v) is 8.52. The van der Waals surface area contributed by atoms with Crippen molar-refractivity contribution in [3.05, 3.63) is 90.0 Å². The van der Waals surface area contributed by atoms with Gasteiger partial charge in [-0.05, 0) is 36.2 Å². The molecule has 5 nitrogen and oxygen atoms in total. The minimum atomic E-state index is -0.119. The third kappa shape index (κ3) is 4.08. The first-order chi connectivity index (χ1) is 15.7. The number of nitrogens with zero attached hydrogens (tertiary/aromatic N) is 3. The molecule has 0 N–H and O–H groups in total. The van der Waals surface area contributed by atoms with Crippen LogP contribution in [0.15, 0.2) is 78.9 Å². The van der Waals surface area contributed by atoms with Gasteiger partial charge < -0.3 is 9.64 Å². The number of piperazine rings is 1. The molecule has 0 aliphatic carbocycles. The van der Waals surface area contributed by atoms with E-state index in [9.17, 15) is 4.79 Å². The van der Waals surface area contributed by atoms with Crippen molar-refractivity contribution in [2.45, 2.75) is 13.0 Å². The van der Waals surface area contributed by atoms with E-state index in [1.807, 2.05) is 47.4 Å². The maximum atomic E-state index is 13.6. The third-order valence-electron chi connectivity index (χ3n) is 6.47. The zero-order valence-electron chi connectivity index (χ0n) is 18.5. The highest BCUT2D eigenvalue weighted by molar-refractivity contribution is 5.97. The monoisotopic (exact) mass is 427 g/mol. The van der Waals surface area contributed by atoms with Crippen LogP contribution in [0.3, 0.4) is 0 Å². The first-order valence-electron chi connectivity index (χ1n) is 11.3.